The average Bonchev–Trinajstić information content (AvgIpc) is 2.76. The standard InChI is InChI=1S/C23H28Cl3N3O4S/c1-4-5-11-27-23(31)16(2)28(14-17-7-6-8-18(24)12-17)22(30)15-29(34(3,32)33)21-13-19(25)9-10-20(21)26/h6-10,12-13,16H,4-5,11,14-15H2,1-3H3,(H,27,31). The Balaban J connectivity index is 2.39. The lowest BCUT2D eigenvalue weighted by Crippen LogP contribution is -2.51. The molecule has 0 aromatic heterocycles. The molecule has 0 aliphatic carbocycles. The van der Waals surface area contributed by atoms with Crippen LogP contribution in [0.15, 0.2) is 42.5 Å². The Hall–Kier alpha value is -2.00. The summed E-state index contributed by atoms with van der Waals surface area (Å²) in [7, 11) is -3.91. The summed E-state index contributed by atoms with van der Waals surface area (Å²) in [5.41, 5.74) is 0.772. The Morgan fingerprint density at radius 2 is 1.74 bits per heavy atom. The van der Waals surface area contributed by atoms with Crippen molar-refractivity contribution in [2.24, 2.45) is 0 Å². The van der Waals surface area contributed by atoms with E-state index in [1.165, 1.54) is 23.1 Å². The largest absolute Gasteiger partial charge is 0.354 e. The van der Waals surface area contributed by atoms with E-state index in [1.807, 2.05) is 6.92 Å². The fraction of sp³-hybridized carbons (Fsp3) is 0.391. The molecular formula is C23H28Cl3N3O4S. The van der Waals surface area contributed by atoms with Crippen LogP contribution < -0.4 is 9.62 Å². The number of hydrogen-bond donors (Lipinski definition) is 1. The van der Waals surface area contributed by atoms with Crippen LogP contribution in [0.3, 0.4) is 0 Å². The zero-order valence-corrected chi connectivity index (χ0v) is 22.3. The second-order valence-electron chi connectivity index (χ2n) is 7.84. The van der Waals surface area contributed by atoms with Gasteiger partial charge in [0.05, 0.1) is 17.0 Å². The second kappa shape index (κ2) is 12.6. The minimum absolute atomic E-state index is 0.0582. The Labute approximate surface area is 216 Å². The van der Waals surface area contributed by atoms with Gasteiger partial charge in [-0.15, -0.1) is 0 Å². The minimum Gasteiger partial charge on any atom is -0.354 e. The predicted octanol–water partition coefficient (Wildman–Crippen LogP) is 4.75. The van der Waals surface area contributed by atoms with E-state index in [1.54, 1.807) is 31.2 Å². The molecule has 2 aromatic carbocycles. The van der Waals surface area contributed by atoms with Gasteiger partial charge in [-0.1, -0.05) is 60.3 Å². The number of rotatable bonds is 11. The van der Waals surface area contributed by atoms with Crippen LogP contribution >= 0.6 is 34.8 Å². The van der Waals surface area contributed by atoms with Gasteiger partial charge in [-0.25, -0.2) is 8.42 Å². The molecule has 0 saturated carbocycles. The fourth-order valence-corrected chi connectivity index (χ4v) is 4.72. The molecule has 2 aromatic rings. The van der Waals surface area contributed by atoms with Gasteiger partial charge in [0.2, 0.25) is 21.8 Å². The van der Waals surface area contributed by atoms with Crippen LogP contribution in [-0.2, 0) is 26.2 Å². The van der Waals surface area contributed by atoms with E-state index in [9.17, 15) is 18.0 Å². The molecule has 1 atom stereocenters. The van der Waals surface area contributed by atoms with Gasteiger partial charge in [0.15, 0.2) is 0 Å². The van der Waals surface area contributed by atoms with Crippen LogP contribution in [0, 0.1) is 0 Å². The molecule has 1 unspecified atom stereocenters. The Morgan fingerprint density at radius 1 is 1.06 bits per heavy atom. The van der Waals surface area contributed by atoms with Crippen LogP contribution in [0.2, 0.25) is 15.1 Å². The van der Waals surface area contributed by atoms with Crippen molar-refractivity contribution in [3.63, 3.8) is 0 Å². The number of unbranched alkanes of at least 4 members (excludes halogenated alkanes) is 1. The van der Waals surface area contributed by atoms with Gasteiger partial charge in [0.25, 0.3) is 0 Å². The molecule has 0 heterocycles. The molecule has 0 fully saturated rings. The van der Waals surface area contributed by atoms with Crippen molar-refractivity contribution >= 4 is 62.3 Å². The lowest BCUT2D eigenvalue weighted by molar-refractivity contribution is -0.139. The molecule has 2 amide bonds. The van der Waals surface area contributed by atoms with E-state index < -0.39 is 28.5 Å². The number of carbonyl (C=O) groups is 2. The molecule has 0 aliphatic rings. The van der Waals surface area contributed by atoms with Gasteiger partial charge in [-0.3, -0.25) is 13.9 Å². The summed E-state index contributed by atoms with van der Waals surface area (Å²) in [6.07, 6.45) is 2.68. The summed E-state index contributed by atoms with van der Waals surface area (Å²) in [6, 6.07) is 10.4. The third kappa shape index (κ3) is 8.05. The summed E-state index contributed by atoms with van der Waals surface area (Å²) in [6.45, 7) is 3.58. The van der Waals surface area contributed by atoms with Gasteiger partial charge < -0.3 is 10.2 Å². The Bertz CT molecular complexity index is 1130. The first-order chi connectivity index (χ1) is 15.9. The van der Waals surface area contributed by atoms with E-state index in [0.717, 1.165) is 23.4 Å². The first-order valence-electron chi connectivity index (χ1n) is 10.7. The molecule has 11 heteroatoms. The summed E-state index contributed by atoms with van der Waals surface area (Å²) < 4.78 is 26.1. The third-order valence-electron chi connectivity index (χ3n) is 5.09. The normalized spacial score (nSPS) is 12.2. The second-order valence-corrected chi connectivity index (χ2v) is 11.0. The zero-order chi connectivity index (χ0) is 25.5. The molecule has 7 nitrogen and oxygen atoms in total. The van der Waals surface area contributed by atoms with Crippen molar-refractivity contribution in [1.82, 2.24) is 10.2 Å². The highest BCUT2D eigenvalue weighted by Crippen LogP contribution is 2.31. The molecule has 0 bridgehead atoms. The summed E-state index contributed by atoms with van der Waals surface area (Å²) in [4.78, 5) is 27.6. The third-order valence-corrected chi connectivity index (χ3v) is 7.01. The van der Waals surface area contributed by atoms with Gasteiger partial charge in [-0.05, 0) is 49.2 Å². The van der Waals surface area contributed by atoms with Gasteiger partial charge in [0, 0.05) is 23.1 Å². The van der Waals surface area contributed by atoms with Crippen LogP contribution in [-0.4, -0.2) is 50.5 Å². The lowest BCUT2D eigenvalue weighted by atomic mass is 10.1. The van der Waals surface area contributed by atoms with Crippen molar-refractivity contribution in [3.05, 3.63) is 63.1 Å². The summed E-state index contributed by atoms with van der Waals surface area (Å²) in [5, 5.41) is 3.68. The zero-order valence-electron chi connectivity index (χ0n) is 19.2. The van der Waals surface area contributed by atoms with Gasteiger partial charge in [0.1, 0.15) is 12.6 Å². The molecule has 186 valence electrons. The molecule has 0 radical (unpaired) electrons. The first-order valence-corrected chi connectivity index (χ1v) is 13.7. The molecule has 0 aliphatic heterocycles. The first kappa shape index (κ1) is 28.2. The fourth-order valence-electron chi connectivity index (χ4n) is 3.22. The number of amides is 2. The quantitative estimate of drug-likeness (QED) is 0.411. The van der Waals surface area contributed by atoms with E-state index in [-0.39, 0.29) is 28.2 Å². The lowest BCUT2D eigenvalue weighted by Gasteiger charge is -2.31. The van der Waals surface area contributed by atoms with Crippen molar-refractivity contribution in [2.45, 2.75) is 39.3 Å². The minimum atomic E-state index is -3.91. The summed E-state index contributed by atoms with van der Waals surface area (Å²) >= 11 is 18.4. The Kier molecular flexibility index (Phi) is 10.5. The molecular weight excluding hydrogens is 521 g/mol. The number of nitrogens with zero attached hydrogens (tertiary/aromatic N) is 2. The maximum absolute atomic E-state index is 13.5. The van der Waals surface area contributed by atoms with E-state index in [0.29, 0.717) is 17.1 Å². The van der Waals surface area contributed by atoms with Crippen molar-refractivity contribution < 1.29 is 18.0 Å². The number of carbonyl (C=O) groups excluding carboxylic acids is 2. The molecule has 34 heavy (non-hydrogen) atoms. The van der Waals surface area contributed by atoms with Crippen LogP contribution in [0.5, 0.6) is 0 Å². The topological polar surface area (TPSA) is 86.8 Å². The van der Waals surface area contributed by atoms with Crippen LogP contribution in [0.1, 0.15) is 32.3 Å². The Morgan fingerprint density at radius 3 is 2.35 bits per heavy atom. The average molecular weight is 549 g/mol. The predicted molar refractivity (Wildman–Crippen MR) is 138 cm³/mol. The number of sulfonamides is 1. The number of halogens is 3. The maximum atomic E-state index is 13.5. The molecule has 2 rings (SSSR count). The van der Waals surface area contributed by atoms with Crippen LogP contribution in [0.25, 0.3) is 0 Å². The van der Waals surface area contributed by atoms with Crippen molar-refractivity contribution in [3.8, 4) is 0 Å². The monoisotopic (exact) mass is 547 g/mol. The van der Waals surface area contributed by atoms with E-state index in [4.69, 9.17) is 34.8 Å². The summed E-state index contributed by atoms with van der Waals surface area (Å²) in [5.74, 6) is -0.921. The number of nitrogens with one attached hydrogen (secondary N) is 1. The van der Waals surface area contributed by atoms with Gasteiger partial charge >= 0.3 is 0 Å². The van der Waals surface area contributed by atoms with Crippen LogP contribution in [0.4, 0.5) is 5.69 Å². The number of hydrogen-bond acceptors (Lipinski definition) is 4. The highest BCUT2D eigenvalue weighted by atomic mass is 35.5. The highest BCUT2D eigenvalue weighted by molar-refractivity contribution is 7.92. The van der Waals surface area contributed by atoms with E-state index >= 15 is 0 Å². The SMILES string of the molecule is CCCCNC(=O)C(C)N(Cc1cccc(Cl)c1)C(=O)CN(c1cc(Cl)ccc1Cl)S(C)(=O)=O. The maximum Gasteiger partial charge on any atom is 0.244 e. The van der Waals surface area contributed by atoms with Gasteiger partial charge in [-0.2, -0.15) is 0 Å². The highest BCUT2D eigenvalue weighted by Gasteiger charge is 2.30. The molecule has 1 N–H and O–H groups in total. The van der Waals surface area contributed by atoms with Crippen molar-refractivity contribution in [2.75, 3.05) is 23.7 Å². The van der Waals surface area contributed by atoms with Crippen molar-refractivity contribution in [1.29, 1.82) is 0 Å². The van der Waals surface area contributed by atoms with E-state index in [2.05, 4.69) is 5.32 Å². The smallest absolute Gasteiger partial charge is 0.244 e. The molecule has 0 spiro atoms. The number of anilines is 1. The number of benzene rings is 2. The molecule has 0 saturated heterocycles.